The summed E-state index contributed by atoms with van der Waals surface area (Å²) in [6.07, 6.45) is 9.17. The lowest BCUT2D eigenvalue weighted by molar-refractivity contribution is -0.121. The lowest BCUT2D eigenvalue weighted by Gasteiger charge is -2.09. The molecular formula is C30H26N2O5. The number of aromatic nitrogens is 2. The van der Waals surface area contributed by atoms with Gasteiger partial charge in [-0.15, -0.1) is 0 Å². The average Bonchev–Trinajstić information content (AvgIpc) is 3.34. The number of benzene rings is 2. The maximum Gasteiger partial charge on any atom is 0.227 e. The van der Waals surface area contributed by atoms with Crippen molar-refractivity contribution in [3.05, 3.63) is 102 Å². The van der Waals surface area contributed by atoms with E-state index in [1.54, 1.807) is 47.3 Å². The zero-order chi connectivity index (χ0) is 26.2. The van der Waals surface area contributed by atoms with Gasteiger partial charge < -0.3 is 9.47 Å². The average molecular weight is 495 g/mol. The van der Waals surface area contributed by atoms with Crippen LogP contribution in [0.4, 0.5) is 0 Å². The van der Waals surface area contributed by atoms with Crippen LogP contribution in [0.15, 0.2) is 85.2 Å². The molecule has 7 heteroatoms. The van der Waals surface area contributed by atoms with Crippen molar-refractivity contribution in [3.8, 4) is 11.5 Å². The highest BCUT2D eigenvalue weighted by molar-refractivity contribution is 6.11. The Morgan fingerprint density at radius 2 is 1.76 bits per heavy atom. The molecule has 0 fully saturated rings. The highest BCUT2D eigenvalue weighted by atomic mass is 16.5. The van der Waals surface area contributed by atoms with Gasteiger partial charge in [0.1, 0.15) is 18.1 Å². The van der Waals surface area contributed by atoms with Crippen molar-refractivity contribution in [1.29, 1.82) is 0 Å². The summed E-state index contributed by atoms with van der Waals surface area (Å²) in [6, 6.07) is 18.3. The largest absolute Gasteiger partial charge is 0.496 e. The van der Waals surface area contributed by atoms with E-state index in [1.807, 2.05) is 42.5 Å². The topological polar surface area (TPSA) is 87.5 Å². The predicted molar refractivity (Wildman–Crippen MR) is 143 cm³/mol. The second kappa shape index (κ2) is 11.8. The normalized spacial score (nSPS) is 11.3. The smallest absolute Gasteiger partial charge is 0.227 e. The number of fused-ring (bicyclic) bond motifs is 1. The predicted octanol–water partition coefficient (Wildman–Crippen LogP) is 5.54. The molecule has 2 aromatic heterocycles. The fourth-order valence-electron chi connectivity index (χ4n) is 3.74. The number of hydrogen-bond donors (Lipinski definition) is 0. The highest BCUT2D eigenvalue weighted by Crippen LogP contribution is 2.26. The van der Waals surface area contributed by atoms with Gasteiger partial charge in [-0.05, 0) is 60.2 Å². The Balaban J connectivity index is 1.35. The molecule has 0 aliphatic carbocycles. The molecule has 0 unspecified atom stereocenters. The summed E-state index contributed by atoms with van der Waals surface area (Å²) in [5.74, 6) is 0.419. The maximum atomic E-state index is 12.4. The molecule has 4 aromatic rings. The number of ketones is 2. The van der Waals surface area contributed by atoms with Gasteiger partial charge in [-0.1, -0.05) is 24.3 Å². The Morgan fingerprint density at radius 1 is 0.946 bits per heavy atom. The van der Waals surface area contributed by atoms with Crippen molar-refractivity contribution in [2.75, 3.05) is 7.11 Å². The van der Waals surface area contributed by atoms with E-state index < -0.39 is 0 Å². The van der Waals surface area contributed by atoms with Crippen molar-refractivity contribution in [1.82, 2.24) is 9.55 Å². The molecule has 0 aliphatic rings. The fourth-order valence-corrected chi connectivity index (χ4v) is 3.74. The van der Waals surface area contributed by atoms with Crippen LogP contribution in [0, 0.1) is 0 Å². The molecule has 0 saturated heterocycles. The molecule has 0 radical (unpaired) electrons. The quantitative estimate of drug-likeness (QED) is 0.213. The summed E-state index contributed by atoms with van der Waals surface area (Å²) in [5, 5.41) is 0.933. The van der Waals surface area contributed by atoms with Gasteiger partial charge in [0.15, 0.2) is 11.6 Å². The van der Waals surface area contributed by atoms with E-state index in [9.17, 15) is 14.4 Å². The number of methoxy groups -OCH3 is 1. The molecule has 0 atom stereocenters. The van der Waals surface area contributed by atoms with E-state index in [0.717, 1.165) is 22.2 Å². The number of nitrogens with zero attached hydrogens (tertiary/aromatic N) is 2. The van der Waals surface area contributed by atoms with Gasteiger partial charge in [-0.2, -0.15) is 0 Å². The van der Waals surface area contributed by atoms with E-state index in [1.165, 1.54) is 26.2 Å². The monoisotopic (exact) mass is 494 g/mol. The number of carbonyl (C=O) groups excluding carboxylic acids is 3. The van der Waals surface area contributed by atoms with Crippen LogP contribution in [-0.2, 0) is 16.2 Å². The van der Waals surface area contributed by atoms with E-state index >= 15 is 0 Å². The lowest BCUT2D eigenvalue weighted by Crippen LogP contribution is -2.03. The van der Waals surface area contributed by atoms with E-state index in [-0.39, 0.29) is 23.9 Å². The summed E-state index contributed by atoms with van der Waals surface area (Å²) < 4.78 is 12.7. The Kier molecular flexibility index (Phi) is 8.05. The number of hydrogen-bond acceptors (Lipinski definition) is 6. The molecule has 0 amide bonds. The van der Waals surface area contributed by atoms with Gasteiger partial charge in [0, 0.05) is 36.3 Å². The minimum Gasteiger partial charge on any atom is -0.496 e. The molecule has 0 N–H and O–H groups in total. The first-order chi connectivity index (χ1) is 17.9. The minimum atomic E-state index is -0.326. The molecule has 4 rings (SSSR count). The second-order valence-electron chi connectivity index (χ2n) is 8.31. The van der Waals surface area contributed by atoms with Gasteiger partial charge in [0.2, 0.25) is 5.91 Å². The second-order valence-corrected chi connectivity index (χ2v) is 8.31. The molecule has 2 heterocycles. The van der Waals surface area contributed by atoms with Crippen LogP contribution >= 0.6 is 0 Å². The van der Waals surface area contributed by atoms with Crippen LogP contribution in [-0.4, -0.2) is 34.1 Å². The van der Waals surface area contributed by atoms with E-state index in [0.29, 0.717) is 23.7 Å². The van der Waals surface area contributed by atoms with Crippen LogP contribution in [0.3, 0.4) is 0 Å². The Labute approximate surface area is 214 Å². The first-order valence-corrected chi connectivity index (χ1v) is 11.7. The standard InChI is InChI=1S/C30H26N2O5/c1-21(33)32-16-14-23-8-6-22(17-29(23)32)7-11-26(34)18-27(35)12-9-24-10-13-28(19-30(24)36-2)37-20-25-5-3-4-15-31-25/h3-17,19H,18,20H2,1-2H3. The fraction of sp³-hybridized carbons (Fsp3) is 0.133. The van der Waals surface area contributed by atoms with Crippen molar-refractivity contribution in [3.63, 3.8) is 0 Å². The molecule has 0 aliphatic heterocycles. The van der Waals surface area contributed by atoms with Crippen molar-refractivity contribution in [2.45, 2.75) is 20.0 Å². The number of rotatable bonds is 10. The summed E-state index contributed by atoms with van der Waals surface area (Å²) in [7, 11) is 1.54. The summed E-state index contributed by atoms with van der Waals surface area (Å²) in [6.45, 7) is 1.82. The Hall–Kier alpha value is -4.78. The molecule has 0 saturated carbocycles. The van der Waals surface area contributed by atoms with Crippen molar-refractivity contribution < 1.29 is 23.9 Å². The van der Waals surface area contributed by atoms with Gasteiger partial charge >= 0.3 is 0 Å². The van der Waals surface area contributed by atoms with Crippen molar-refractivity contribution in [2.24, 2.45) is 0 Å². The summed E-state index contributed by atoms with van der Waals surface area (Å²) in [5.41, 5.74) is 3.02. The third kappa shape index (κ3) is 6.67. The van der Waals surface area contributed by atoms with Crippen LogP contribution < -0.4 is 9.47 Å². The SMILES string of the molecule is COc1cc(OCc2ccccn2)ccc1C=CC(=O)CC(=O)C=Cc1ccc2ccn(C(C)=O)c2c1. The first-order valence-electron chi connectivity index (χ1n) is 11.7. The maximum absolute atomic E-state index is 12.4. The third-order valence-corrected chi connectivity index (χ3v) is 5.63. The molecule has 7 nitrogen and oxygen atoms in total. The Morgan fingerprint density at radius 3 is 2.49 bits per heavy atom. The van der Waals surface area contributed by atoms with Gasteiger partial charge in [-0.25, -0.2) is 0 Å². The number of ether oxygens (including phenoxy) is 2. The zero-order valence-corrected chi connectivity index (χ0v) is 20.6. The summed E-state index contributed by atoms with van der Waals surface area (Å²) >= 11 is 0. The van der Waals surface area contributed by atoms with Crippen LogP contribution in [0.1, 0.15) is 35.0 Å². The van der Waals surface area contributed by atoms with Gasteiger partial charge in [0.25, 0.3) is 0 Å². The van der Waals surface area contributed by atoms with Crippen molar-refractivity contribution >= 4 is 40.5 Å². The van der Waals surface area contributed by atoms with E-state index in [4.69, 9.17) is 9.47 Å². The zero-order valence-electron chi connectivity index (χ0n) is 20.6. The number of pyridine rings is 1. The third-order valence-electron chi connectivity index (χ3n) is 5.63. The number of carbonyl (C=O) groups is 3. The molecule has 0 bridgehead atoms. The summed E-state index contributed by atoms with van der Waals surface area (Å²) in [4.78, 5) is 40.7. The molecule has 186 valence electrons. The molecular weight excluding hydrogens is 468 g/mol. The molecule has 37 heavy (non-hydrogen) atoms. The van der Waals surface area contributed by atoms with Gasteiger partial charge in [-0.3, -0.25) is 23.9 Å². The Bertz CT molecular complexity index is 1500. The minimum absolute atomic E-state index is 0.0899. The lowest BCUT2D eigenvalue weighted by atomic mass is 10.1. The van der Waals surface area contributed by atoms with Crippen LogP contribution in [0.25, 0.3) is 23.1 Å². The highest BCUT2D eigenvalue weighted by Gasteiger charge is 2.08. The van der Waals surface area contributed by atoms with Gasteiger partial charge in [0.05, 0.1) is 24.7 Å². The number of allylic oxidation sites excluding steroid dienone is 2. The molecule has 0 spiro atoms. The van der Waals surface area contributed by atoms with Crippen LogP contribution in [0.5, 0.6) is 11.5 Å². The van der Waals surface area contributed by atoms with Crippen LogP contribution in [0.2, 0.25) is 0 Å². The van der Waals surface area contributed by atoms with E-state index in [2.05, 4.69) is 4.98 Å². The molecule has 2 aromatic carbocycles. The first kappa shape index (κ1) is 25.3.